The number of hydrogen-bond donors (Lipinski definition) is 2. The molecule has 0 unspecified atom stereocenters. The van der Waals surface area contributed by atoms with Gasteiger partial charge in [0.2, 0.25) is 0 Å². The number of rotatable bonds is 10. The Morgan fingerprint density at radius 1 is 1.12 bits per heavy atom. The molecule has 2 fully saturated rings. The number of pyridine rings is 1. The molecule has 1 aromatic rings. The third-order valence-electron chi connectivity index (χ3n) is 6.91. The summed E-state index contributed by atoms with van der Waals surface area (Å²) in [5, 5.41) is 7.03. The van der Waals surface area contributed by atoms with Gasteiger partial charge in [0.25, 0.3) is 0 Å². The molecular formula is C24H43IN6O. The van der Waals surface area contributed by atoms with Crippen LogP contribution in [-0.2, 0) is 11.3 Å². The van der Waals surface area contributed by atoms with Crippen molar-refractivity contribution in [1.29, 1.82) is 0 Å². The second-order valence-electron chi connectivity index (χ2n) is 8.88. The number of nitrogens with zero attached hydrogens (tertiary/aromatic N) is 4. The predicted molar refractivity (Wildman–Crippen MR) is 144 cm³/mol. The molecule has 0 atom stereocenters. The van der Waals surface area contributed by atoms with Gasteiger partial charge in [0, 0.05) is 65.7 Å². The molecule has 2 N–H and O–H groups in total. The van der Waals surface area contributed by atoms with Crippen LogP contribution >= 0.6 is 24.0 Å². The molecule has 182 valence electrons. The summed E-state index contributed by atoms with van der Waals surface area (Å²) in [6.45, 7) is 13.1. The number of nitrogens with one attached hydrogen (secondary N) is 2. The third-order valence-corrected chi connectivity index (χ3v) is 6.91. The Kier molecular flexibility index (Phi) is 12.0. The summed E-state index contributed by atoms with van der Waals surface area (Å²) < 4.78 is 5.64. The van der Waals surface area contributed by atoms with Gasteiger partial charge in [-0.2, -0.15) is 0 Å². The molecule has 32 heavy (non-hydrogen) atoms. The number of aromatic nitrogens is 1. The second kappa shape index (κ2) is 14.2. The maximum absolute atomic E-state index is 5.64. The zero-order chi connectivity index (χ0) is 21.9. The van der Waals surface area contributed by atoms with Crippen LogP contribution in [0.5, 0.6) is 0 Å². The van der Waals surface area contributed by atoms with Gasteiger partial charge in [0.05, 0.1) is 0 Å². The Morgan fingerprint density at radius 2 is 1.88 bits per heavy atom. The standard InChI is InChI=1S/C24H42N6O.HI/c1-4-29-13-15-30(16-14-29)22-9-8-21(18-26-22)19-27-23(25-3)28-20-24(10-6-7-11-24)12-17-31-5-2;/h8-9,18H,4-7,10-17,19-20H2,1-3H3,(H2,25,27,28);1H. The molecular weight excluding hydrogens is 515 g/mol. The molecule has 8 heteroatoms. The average Bonchev–Trinajstić information content (AvgIpc) is 3.29. The lowest BCUT2D eigenvalue weighted by Crippen LogP contribution is -2.46. The van der Waals surface area contributed by atoms with Crippen molar-refractivity contribution in [1.82, 2.24) is 20.5 Å². The van der Waals surface area contributed by atoms with E-state index in [9.17, 15) is 0 Å². The third kappa shape index (κ3) is 8.02. The van der Waals surface area contributed by atoms with E-state index in [1.165, 1.54) is 31.2 Å². The fourth-order valence-electron chi connectivity index (χ4n) is 4.75. The molecule has 2 aliphatic rings. The molecule has 0 radical (unpaired) electrons. The number of likely N-dealkylation sites (N-methyl/N-ethyl adjacent to an activating group) is 1. The zero-order valence-corrected chi connectivity index (χ0v) is 22.6. The number of piperazine rings is 1. The number of hydrogen-bond acceptors (Lipinski definition) is 5. The summed E-state index contributed by atoms with van der Waals surface area (Å²) in [5.41, 5.74) is 1.52. The Hall–Kier alpha value is -1.13. The van der Waals surface area contributed by atoms with Crippen LogP contribution in [0.2, 0.25) is 0 Å². The van der Waals surface area contributed by atoms with Crippen molar-refractivity contribution in [2.45, 2.75) is 52.5 Å². The lowest BCUT2D eigenvalue weighted by Gasteiger charge is -2.34. The average molecular weight is 559 g/mol. The van der Waals surface area contributed by atoms with Crippen molar-refractivity contribution >= 4 is 35.8 Å². The summed E-state index contributed by atoms with van der Waals surface area (Å²) >= 11 is 0. The summed E-state index contributed by atoms with van der Waals surface area (Å²) in [4.78, 5) is 14.0. The highest BCUT2D eigenvalue weighted by molar-refractivity contribution is 14.0. The predicted octanol–water partition coefficient (Wildman–Crippen LogP) is 3.49. The quantitative estimate of drug-likeness (QED) is 0.199. The smallest absolute Gasteiger partial charge is 0.191 e. The Bertz CT molecular complexity index is 670. The lowest BCUT2D eigenvalue weighted by molar-refractivity contribution is 0.105. The number of halogens is 1. The number of ether oxygens (including phenoxy) is 1. The van der Waals surface area contributed by atoms with Gasteiger partial charge in [-0.15, -0.1) is 24.0 Å². The molecule has 7 nitrogen and oxygen atoms in total. The molecule has 3 rings (SSSR count). The van der Waals surface area contributed by atoms with E-state index in [1.54, 1.807) is 0 Å². The SMILES string of the molecule is CCOCCC1(CNC(=NC)NCc2ccc(N3CCN(CC)CC3)nc2)CCCC1.I. The minimum absolute atomic E-state index is 0. The number of anilines is 1. The molecule has 1 aliphatic heterocycles. The summed E-state index contributed by atoms with van der Waals surface area (Å²) in [6.07, 6.45) is 8.33. The first-order valence-corrected chi connectivity index (χ1v) is 12.1. The van der Waals surface area contributed by atoms with Crippen molar-refractivity contribution in [3.63, 3.8) is 0 Å². The van der Waals surface area contributed by atoms with Crippen LogP contribution in [0.4, 0.5) is 5.82 Å². The number of guanidine groups is 1. The molecule has 1 aliphatic carbocycles. The molecule has 1 aromatic heterocycles. The van der Waals surface area contributed by atoms with Crippen LogP contribution < -0.4 is 15.5 Å². The first-order chi connectivity index (χ1) is 15.2. The van der Waals surface area contributed by atoms with Gasteiger partial charge in [0.1, 0.15) is 5.82 Å². The van der Waals surface area contributed by atoms with Crippen molar-refractivity contribution in [2.75, 3.05) is 64.4 Å². The van der Waals surface area contributed by atoms with Gasteiger partial charge in [0.15, 0.2) is 5.96 Å². The molecule has 1 saturated heterocycles. The first kappa shape index (κ1) is 27.1. The van der Waals surface area contributed by atoms with Crippen LogP contribution in [-0.4, -0.2) is 75.4 Å². The van der Waals surface area contributed by atoms with Crippen LogP contribution in [0.1, 0.15) is 51.5 Å². The normalized spacial score (nSPS) is 19.0. The monoisotopic (exact) mass is 558 g/mol. The highest BCUT2D eigenvalue weighted by atomic mass is 127. The van der Waals surface area contributed by atoms with E-state index < -0.39 is 0 Å². The van der Waals surface area contributed by atoms with Gasteiger partial charge in [-0.3, -0.25) is 4.99 Å². The summed E-state index contributed by atoms with van der Waals surface area (Å²) in [5.74, 6) is 1.95. The Labute approximate surface area is 211 Å². The van der Waals surface area contributed by atoms with Crippen LogP contribution in [0.25, 0.3) is 0 Å². The van der Waals surface area contributed by atoms with Crippen LogP contribution in [0.3, 0.4) is 0 Å². The second-order valence-corrected chi connectivity index (χ2v) is 8.88. The minimum atomic E-state index is 0. The van der Waals surface area contributed by atoms with Crippen molar-refractivity contribution in [3.05, 3.63) is 23.9 Å². The fourth-order valence-corrected chi connectivity index (χ4v) is 4.75. The van der Waals surface area contributed by atoms with Crippen molar-refractivity contribution in [2.24, 2.45) is 10.4 Å². The maximum Gasteiger partial charge on any atom is 0.191 e. The highest BCUT2D eigenvalue weighted by Crippen LogP contribution is 2.40. The largest absolute Gasteiger partial charge is 0.382 e. The Balaban J connectivity index is 0.00000363. The van der Waals surface area contributed by atoms with Gasteiger partial charge >= 0.3 is 0 Å². The van der Waals surface area contributed by atoms with E-state index in [0.29, 0.717) is 5.41 Å². The van der Waals surface area contributed by atoms with Gasteiger partial charge < -0.3 is 25.2 Å². The van der Waals surface area contributed by atoms with E-state index >= 15 is 0 Å². The van der Waals surface area contributed by atoms with Crippen LogP contribution in [0, 0.1) is 5.41 Å². The van der Waals surface area contributed by atoms with Crippen LogP contribution in [0.15, 0.2) is 23.3 Å². The van der Waals surface area contributed by atoms with Gasteiger partial charge in [-0.1, -0.05) is 25.8 Å². The highest BCUT2D eigenvalue weighted by Gasteiger charge is 2.33. The van der Waals surface area contributed by atoms with Gasteiger partial charge in [-0.25, -0.2) is 4.98 Å². The van der Waals surface area contributed by atoms with E-state index in [4.69, 9.17) is 9.72 Å². The topological polar surface area (TPSA) is 65.0 Å². The van der Waals surface area contributed by atoms with Crippen molar-refractivity contribution < 1.29 is 4.74 Å². The lowest BCUT2D eigenvalue weighted by atomic mass is 9.83. The molecule has 0 spiro atoms. The van der Waals surface area contributed by atoms with E-state index in [1.807, 2.05) is 13.2 Å². The minimum Gasteiger partial charge on any atom is -0.382 e. The first-order valence-electron chi connectivity index (χ1n) is 12.1. The molecule has 0 aromatic carbocycles. The van der Waals surface area contributed by atoms with Gasteiger partial charge in [-0.05, 0) is 49.8 Å². The molecule has 0 bridgehead atoms. The molecule has 2 heterocycles. The van der Waals surface area contributed by atoms with E-state index in [2.05, 4.69) is 51.4 Å². The zero-order valence-electron chi connectivity index (χ0n) is 20.2. The van der Waals surface area contributed by atoms with E-state index in [0.717, 1.165) is 77.2 Å². The molecule has 0 amide bonds. The molecule has 1 saturated carbocycles. The Morgan fingerprint density at radius 3 is 2.47 bits per heavy atom. The number of aliphatic imine (C=N–C) groups is 1. The van der Waals surface area contributed by atoms with Crippen molar-refractivity contribution in [3.8, 4) is 0 Å². The van der Waals surface area contributed by atoms with E-state index in [-0.39, 0.29) is 24.0 Å². The maximum atomic E-state index is 5.64. The fraction of sp³-hybridized carbons (Fsp3) is 0.750. The summed E-state index contributed by atoms with van der Waals surface area (Å²) in [7, 11) is 1.84. The summed E-state index contributed by atoms with van der Waals surface area (Å²) in [6, 6.07) is 4.32.